The molecule has 90 valence electrons. The smallest absolute Gasteiger partial charge is 0.152 e. The van der Waals surface area contributed by atoms with Crippen molar-refractivity contribution in [2.75, 3.05) is 5.32 Å². The highest BCUT2D eigenvalue weighted by Crippen LogP contribution is 2.20. The number of halogens is 1. The van der Waals surface area contributed by atoms with Crippen molar-refractivity contribution in [1.82, 2.24) is 14.8 Å². The van der Waals surface area contributed by atoms with E-state index in [2.05, 4.69) is 50.5 Å². The number of benzene rings is 1. The number of nitrogens with one attached hydrogen (secondary N) is 1. The van der Waals surface area contributed by atoms with Crippen LogP contribution in [-0.2, 0) is 13.6 Å². The molecular weight excluding hydrogens is 280 g/mol. The number of hydrogen-bond acceptors (Lipinski definition) is 3. The fourth-order valence-corrected chi connectivity index (χ4v) is 2.08. The van der Waals surface area contributed by atoms with Crippen molar-refractivity contribution in [2.45, 2.75) is 20.4 Å². The summed E-state index contributed by atoms with van der Waals surface area (Å²) in [6, 6.07) is 6.17. The maximum Gasteiger partial charge on any atom is 0.152 e. The molecule has 17 heavy (non-hydrogen) atoms. The molecule has 0 bridgehead atoms. The van der Waals surface area contributed by atoms with E-state index in [1.54, 1.807) is 0 Å². The fraction of sp³-hybridized carbons (Fsp3) is 0.333. The van der Waals surface area contributed by atoms with Gasteiger partial charge in [0.1, 0.15) is 5.82 Å². The van der Waals surface area contributed by atoms with Gasteiger partial charge in [0, 0.05) is 17.2 Å². The lowest BCUT2D eigenvalue weighted by atomic mass is 10.2. The highest BCUT2D eigenvalue weighted by Gasteiger charge is 2.05. The topological polar surface area (TPSA) is 42.7 Å². The summed E-state index contributed by atoms with van der Waals surface area (Å²) < 4.78 is 3.08. The molecule has 0 radical (unpaired) electrons. The number of rotatable bonds is 3. The number of aromatic nitrogens is 3. The van der Waals surface area contributed by atoms with E-state index in [4.69, 9.17) is 0 Å². The molecule has 0 unspecified atom stereocenters. The summed E-state index contributed by atoms with van der Waals surface area (Å²) in [6.45, 7) is 4.70. The van der Waals surface area contributed by atoms with Crippen LogP contribution in [0.25, 0.3) is 0 Å². The first kappa shape index (κ1) is 12.1. The highest BCUT2D eigenvalue weighted by molar-refractivity contribution is 9.10. The quantitative estimate of drug-likeness (QED) is 0.947. The Bertz CT molecular complexity index is 533. The van der Waals surface area contributed by atoms with Crippen molar-refractivity contribution in [1.29, 1.82) is 0 Å². The van der Waals surface area contributed by atoms with Gasteiger partial charge < -0.3 is 9.88 Å². The average molecular weight is 295 g/mol. The molecule has 2 aromatic rings. The molecule has 0 atom stereocenters. The zero-order valence-corrected chi connectivity index (χ0v) is 11.7. The molecule has 4 nitrogen and oxygen atoms in total. The Morgan fingerprint density at radius 3 is 2.65 bits per heavy atom. The predicted octanol–water partition coefficient (Wildman–Crippen LogP) is 2.81. The van der Waals surface area contributed by atoms with Crippen LogP contribution in [0.4, 0.5) is 5.69 Å². The minimum absolute atomic E-state index is 0.680. The van der Waals surface area contributed by atoms with Gasteiger partial charge in [-0.25, -0.2) is 0 Å². The van der Waals surface area contributed by atoms with E-state index >= 15 is 0 Å². The molecule has 0 aliphatic heterocycles. The van der Waals surface area contributed by atoms with Gasteiger partial charge in [-0.2, -0.15) is 0 Å². The standard InChI is InChI=1S/C12H15BrN4/c1-8-6-10(13)4-5-11(8)14-7-12-16-15-9(2)17(12)3/h4-6,14H,7H2,1-3H3. The summed E-state index contributed by atoms with van der Waals surface area (Å²) >= 11 is 3.45. The second-order valence-corrected chi connectivity index (χ2v) is 4.95. The predicted molar refractivity (Wildman–Crippen MR) is 71.9 cm³/mol. The molecule has 0 saturated carbocycles. The Labute approximate surface area is 109 Å². The lowest BCUT2D eigenvalue weighted by molar-refractivity contribution is 0.789. The zero-order valence-electron chi connectivity index (χ0n) is 10.2. The molecule has 0 saturated heterocycles. The van der Waals surface area contributed by atoms with Crippen LogP contribution in [0.15, 0.2) is 22.7 Å². The van der Waals surface area contributed by atoms with Gasteiger partial charge in [-0.15, -0.1) is 10.2 Å². The molecule has 2 rings (SSSR count). The normalized spacial score (nSPS) is 10.6. The second kappa shape index (κ2) is 4.87. The minimum Gasteiger partial charge on any atom is -0.378 e. The monoisotopic (exact) mass is 294 g/mol. The van der Waals surface area contributed by atoms with E-state index in [0.29, 0.717) is 6.54 Å². The minimum atomic E-state index is 0.680. The van der Waals surface area contributed by atoms with E-state index in [1.165, 1.54) is 5.56 Å². The highest BCUT2D eigenvalue weighted by atomic mass is 79.9. The maximum atomic E-state index is 4.12. The Hall–Kier alpha value is -1.36. The third-order valence-electron chi connectivity index (χ3n) is 2.81. The summed E-state index contributed by atoms with van der Waals surface area (Å²) in [7, 11) is 1.97. The number of anilines is 1. The maximum absolute atomic E-state index is 4.12. The lowest BCUT2D eigenvalue weighted by Crippen LogP contribution is -2.07. The number of hydrogen-bond donors (Lipinski definition) is 1. The van der Waals surface area contributed by atoms with E-state index in [1.807, 2.05) is 24.6 Å². The van der Waals surface area contributed by atoms with Crippen molar-refractivity contribution >= 4 is 21.6 Å². The van der Waals surface area contributed by atoms with Gasteiger partial charge in [-0.1, -0.05) is 15.9 Å². The van der Waals surface area contributed by atoms with Gasteiger partial charge in [0.15, 0.2) is 5.82 Å². The largest absolute Gasteiger partial charge is 0.378 e. The molecule has 1 aromatic heterocycles. The molecule has 1 N–H and O–H groups in total. The Kier molecular flexibility index (Phi) is 3.47. The molecule has 0 amide bonds. The van der Waals surface area contributed by atoms with Crippen molar-refractivity contribution in [2.24, 2.45) is 7.05 Å². The number of nitrogens with zero attached hydrogens (tertiary/aromatic N) is 3. The summed E-state index contributed by atoms with van der Waals surface area (Å²) in [6.07, 6.45) is 0. The Morgan fingerprint density at radius 1 is 1.29 bits per heavy atom. The first-order chi connectivity index (χ1) is 8.08. The summed E-state index contributed by atoms with van der Waals surface area (Å²) in [5, 5.41) is 11.5. The van der Waals surface area contributed by atoms with Crippen molar-refractivity contribution in [3.8, 4) is 0 Å². The molecule has 1 heterocycles. The van der Waals surface area contributed by atoms with Crippen LogP contribution in [-0.4, -0.2) is 14.8 Å². The summed E-state index contributed by atoms with van der Waals surface area (Å²) in [5.74, 6) is 1.86. The van der Waals surface area contributed by atoms with Crippen molar-refractivity contribution in [3.05, 3.63) is 39.9 Å². The van der Waals surface area contributed by atoms with E-state index in [-0.39, 0.29) is 0 Å². The van der Waals surface area contributed by atoms with Crippen LogP contribution in [0.2, 0.25) is 0 Å². The summed E-state index contributed by atoms with van der Waals surface area (Å²) in [4.78, 5) is 0. The Morgan fingerprint density at radius 2 is 2.06 bits per heavy atom. The molecule has 0 aliphatic carbocycles. The van der Waals surface area contributed by atoms with Crippen LogP contribution in [0.5, 0.6) is 0 Å². The van der Waals surface area contributed by atoms with E-state index < -0.39 is 0 Å². The molecule has 5 heteroatoms. The molecule has 1 aromatic carbocycles. The van der Waals surface area contributed by atoms with Gasteiger partial charge in [-0.05, 0) is 37.6 Å². The zero-order chi connectivity index (χ0) is 12.4. The van der Waals surface area contributed by atoms with Gasteiger partial charge >= 0.3 is 0 Å². The summed E-state index contributed by atoms with van der Waals surface area (Å²) in [5.41, 5.74) is 2.33. The van der Waals surface area contributed by atoms with Crippen LogP contribution < -0.4 is 5.32 Å². The van der Waals surface area contributed by atoms with Crippen LogP contribution in [0.3, 0.4) is 0 Å². The lowest BCUT2D eigenvalue weighted by Gasteiger charge is -2.09. The van der Waals surface area contributed by atoms with E-state index in [0.717, 1.165) is 21.8 Å². The third kappa shape index (κ3) is 2.66. The van der Waals surface area contributed by atoms with Gasteiger partial charge in [0.05, 0.1) is 6.54 Å². The van der Waals surface area contributed by atoms with E-state index in [9.17, 15) is 0 Å². The van der Waals surface area contributed by atoms with Gasteiger partial charge in [0.2, 0.25) is 0 Å². The first-order valence-electron chi connectivity index (χ1n) is 5.43. The number of aryl methyl sites for hydroxylation is 2. The third-order valence-corrected chi connectivity index (χ3v) is 3.30. The molecule has 0 aliphatic rings. The van der Waals surface area contributed by atoms with Crippen LogP contribution in [0.1, 0.15) is 17.2 Å². The second-order valence-electron chi connectivity index (χ2n) is 4.04. The SMILES string of the molecule is Cc1cc(Br)ccc1NCc1nnc(C)n1C. The van der Waals surface area contributed by atoms with Crippen molar-refractivity contribution in [3.63, 3.8) is 0 Å². The average Bonchev–Trinajstić information content (AvgIpc) is 2.59. The van der Waals surface area contributed by atoms with Crippen LogP contribution >= 0.6 is 15.9 Å². The molecule has 0 spiro atoms. The van der Waals surface area contributed by atoms with Crippen molar-refractivity contribution < 1.29 is 0 Å². The molecule has 0 fully saturated rings. The van der Waals surface area contributed by atoms with Gasteiger partial charge in [-0.3, -0.25) is 0 Å². The van der Waals surface area contributed by atoms with Gasteiger partial charge in [0.25, 0.3) is 0 Å². The fourth-order valence-electron chi connectivity index (χ4n) is 1.60. The Balaban J connectivity index is 2.10. The first-order valence-corrected chi connectivity index (χ1v) is 6.22. The van der Waals surface area contributed by atoms with Crippen LogP contribution in [0, 0.1) is 13.8 Å². The molecular formula is C12H15BrN4.